The van der Waals surface area contributed by atoms with Crippen molar-refractivity contribution in [1.82, 2.24) is 15.1 Å². The summed E-state index contributed by atoms with van der Waals surface area (Å²) in [6.07, 6.45) is 4.51. The highest BCUT2D eigenvalue weighted by Gasteiger charge is 2.31. The molecule has 2 rings (SSSR count). The second-order valence-electron chi connectivity index (χ2n) is 6.57. The monoisotopic (exact) mass is 297 g/mol. The van der Waals surface area contributed by atoms with Crippen LogP contribution in [-0.2, 0) is 9.53 Å². The van der Waals surface area contributed by atoms with Crippen LogP contribution in [0.5, 0.6) is 0 Å². The Kier molecular flexibility index (Phi) is 6.45. The number of carbonyl (C=O) groups excluding carboxylic acids is 1. The number of amides is 1. The molecule has 2 heterocycles. The van der Waals surface area contributed by atoms with Gasteiger partial charge in [0, 0.05) is 38.6 Å². The molecule has 0 aliphatic carbocycles. The molecular weight excluding hydrogens is 266 g/mol. The average Bonchev–Trinajstić information content (AvgIpc) is 2.86. The van der Waals surface area contributed by atoms with Gasteiger partial charge in [0.15, 0.2) is 0 Å². The SMILES string of the molecule is CNCCCC(=O)N1CCC[C@@H]1CN1C[C@@H](C)O[C@H](C)C1. The second-order valence-corrected chi connectivity index (χ2v) is 6.57. The van der Waals surface area contributed by atoms with Crippen LogP contribution in [0, 0.1) is 0 Å². The lowest BCUT2D eigenvalue weighted by atomic mass is 10.1. The lowest BCUT2D eigenvalue weighted by molar-refractivity contribution is -0.133. The van der Waals surface area contributed by atoms with Crippen LogP contribution in [0.2, 0.25) is 0 Å². The van der Waals surface area contributed by atoms with E-state index in [4.69, 9.17) is 4.74 Å². The third-order valence-corrected chi connectivity index (χ3v) is 4.48. The topological polar surface area (TPSA) is 44.8 Å². The summed E-state index contributed by atoms with van der Waals surface area (Å²) in [5, 5.41) is 3.11. The zero-order valence-corrected chi connectivity index (χ0v) is 13.8. The maximum Gasteiger partial charge on any atom is 0.222 e. The Morgan fingerprint density at radius 1 is 1.29 bits per heavy atom. The molecule has 2 aliphatic heterocycles. The van der Waals surface area contributed by atoms with Gasteiger partial charge in [0.2, 0.25) is 5.91 Å². The minimum atomic E-state index is 0.301. The predicted octanol–water partition coefficient (Wildman–Crippen LogP) is 1.09. The van der Waals surface area contributed by atoms with Crippen LogP contribution in [0.25, 0.3) is 0 Å². The minimum Gasteiger partial charge on any atom is -0.373 e. The fourth-order valence-corrected chi connectivity index (χ4v) is 3.65. The van der Waals surface area contributed by atoms with Crippen molar-refractivity contribution >= 4 is 5.91 Å². The van der Waals surface area contributed by atoms with Gasteiger partial charge in [-0.2, -0.15) is 0 Å². The van der Waals surface area contributed by atoms with E-state index >= 15 is 0 Å². The molecule has 5 nitrogen and oxygen atoms in total. The highest BCUT2D eigenvalue weighted by Crippen LogP contribution is 2.21. The second kappa shape index (κ2) is 8.11. The van der Waals surface area contributed by atoms with E-state index in [2.05, 4.69) is 29.0 Å². The van der Waals surface area contributed by atoms with Crippen LogP contribution < -0.4 is 5.32 Å². The van der Waals surface area contributed by atoms with Crippen LogP contribution in [0.1, 0.15) is 39.5 Å². The van der Waals surface area contributed by atoms with Gasteiger partial charge < -0.3 is 15.0 Å². The van der Waals surface area contributed by atoms with Gasteiger partial charge in [-0.1, -0.05) is 0 Å². The predicted molar refractivity (Wildman–Crippen MR) is 84.3 cm³/mol. The van der Waals surface area contributed by atoms with E-state index in [1.54, 1.807) is 0 Å². The summed E-state index contributed by atoms with van der Waals surface area (Å²) in [7, 11) is 1.93. The molecule has 122 valence electrons. The molecule has 3 atom stereocenters. The third kappa shape index (κ3) is 4.94. The third-order valence-electron chi connectivity index (χ3n) is 4.48. The largest absolute Gasteiger partial charge is 0.373 e. The van der Waals surface area contributed by atoms with E-state index in [0.717, 1.165) is 52.0 Å². The van der Waals surface area contributed by atoms with Crippen molar-refractivity contribution in [1.29, 1.82) is 0 Å². The normalized spacial score (nSPS) is 30.8. The summed E-state index contributed by atoms with van der Waals surface area (Å²) in [4.78, 5) is 17.0. The summed E-state index contributed by atoms with van der Waals surface area (Å²) in [6.45, 7) is 9.12. The Morgan fingerprint density at radius 2 is 2.00 bits per heavy atom. The van der Waals surface area contributed by atoms with Crippen molar-refractivity contribution < 1.29 is 9.53 Å². The number of hydrogen-bond donors (Lipinski definition) is 1. The lowest BCUT2D eigenvalue weighted by Gasteiger charge is -2.38. The molecule has 2 fully saturated rings. The molecule has 5 heteroatoms. The lowest BCUT2D eigenvalue weighted by Crippen LogP contribution is -2.50. The van der Waals surface area contributed by atoms with Gasteiger partial charge in [-0.3, -0.25) is 9.69 Å². The van der Waals surface area contributed by atoms with Gasteiger partial charge in [-0.15, -0.1) is 0 Å². The van der Waals surface area contributed by atoms with Crippen molar-refractivity contribution in [2.75, 3.05) is 39.8 Å². The van der Waals surface area contributed by atoms with Crippen molar-refractivity contribution in [2.24, 2.45) is 0 Å². The Bertz CT molecular complexity index is 327. The maximum atomic E-state index is 12.4. The van der Waals surface area contributed by atoms with Crippen molar-refractivity contribution in [3.05, 3.63) is 0 Å². The summed E-state index contributed by atoms with van der Waals surface area (Å²) >= 11 is 0. The quantitative estimate of drug-likeness (QED) is 0.745. The molecule has 21 heavy (non-hydrogen) atoms. The first-order valence-corrected chi connectivity index (χ1v) is 8.42. The number of ether oxygens (including phenoxy) is 1. The molecule has 0 bridgehead atoms. The minimum absolute atomic E-state index is 0.301. The molecule has 2 saturated heterocycles. The van der Waals surface area contributed by atoms with Crippen LogP contribution >= 0.6 is 0 Å². The molecule has 0 aromatic heterocycles. The van der Waals surface area contributed by atoms with E-state index in [0.29, 0.717) is 30.6 Å². The van der Waals surface area contributed by atoms with Gasteiger partial charge >= 0.3 is 0 Å². The van der Waals surface area contributed by atoms with Crippen LogP contribution in [0.4, 0.5) is 0 Å². The molecule has 0 radical (unpaired) electrons. The van der Waals surface area contributed by atoms with Gasteiger partial charge in [0.25, 0.3) is 0 Å². The van der Waals surface area contributed by atoms with Crippen LogP contribution in [-0.4, -0.2) is 73.7 Å². The number of carbonyl (C=O) groups is 1. The highest BCUT2D eigenvalue weighted by molar-refractivity contribution is 5.76. The number of hydrogen-bond acceptors (Lipinski definition) is 4. The zero-order chi connectivity index (χ0) is 15.2. The number of morpholine rings is 1. The van der Waals surface area contributed by atoms with E-state index in [9.17, 15) is 4.79 Å². The summed E-state index contributed by atoms with van der Waals surface area (Å²) < 4.78 is 5.79. The standard InChI is InChI=1S/C16H31N3O2/c1-13-10-18(11-14(2)21-13)12-15-6-5-9-19(15)16(20)7-4-8-17-3/h13-15,17H,4-12H2,1-3H3/t13-,14-,15-/m1/s1. The molecule has 0 spiro atoms. The number of nitrogens with zero attached hydrogens (tertiary/aromatic N) is 2. The van der Waals surface area contributed by atoms with Crippen molar-refractivity contribution in [3.8, 4) is 0 Å². The Labute approximate surface area is 129 Å². The number of rotatable bonds is 6. The highest BCUT2D eigenvalue weighted by atomic mass is 16.5. The Balaban J connectivity index is 1.82. The Hall–Kier alpha value is -0.650. The fraction of sp³-hybridized carbons (Fsp3) is 0.938. The molecule has 1 N–H and O–H groups in total. The molecule has 0 saturated carbocycles. The summed E-state index contributed by atoms with van der Waals surface area (Å²) in [6, 6.07) is 0.407. The van der Waals surface area contributed by atoms with E-state index in [1.807, 2.05) is 7.05 Å². The molecule has 0 aromatic carbocycles. The first-order valence-electron chi connectivity index (χ1n) is 8.42. The van der Waals surface area contributed by atoms with Gasteiger partial charge in [0.1, 0.15) is 0 Å². The van der Waals surface area contributed by atoms with Gasteiger partial charge in [-0.05, 0) is 46.7 Å². The van der Waals surface area contributed by atoms with Crippen LogP contribution in [0.3, 0.4) is 0 Å². The van der Waals surface area contributed by atoms with Gasteiger partial charge in [0.05, 0.1) is 12.2 Å². The zero-order valence-electron chi connectivity index (χ0n) is 13.8. The average molecular weight is 297 g/mol. The molecular formula is C16H31N3O2. The van der Waals surface area contributed by atoms with Crippen molar-refractivity contribution in [2.45, 2.75) is 57.8 Å². The molecule has 0 unspecified atom stereocenters. The summed E-state index contributed by atoms with van der Waals surface area (Å²) in [5.41, 5.74) is 0. The number of likely N-dealkylation sites (tertiary alicyclic amines) is 1. The number of nitrogens with one attached hydrogen (secondary N) is 1. The van der Waals surface area contributed by atoms with E-state index in [-0.39, 0.29) is 0 Å². The first-order chi connectivity index (χ1) is 10.1. The Morgan fingerprint density at radius 3 is 2.67 bits per heavy atom. The first kappa shape index (κ1) is 16.7. The van der Waals surface area contributed by atoms with Crippen LogP contribution in [0.15, 0.2) is 0 Å². The van der Waals surface area contributed by atoms with E-state index < -0.39 is 0 Å². The van der Waals surface area contributed by atoms with Gasteiger partial charge in [-0.25, -0.2) is 0 Å². The fourth-order valence-electron chi connectivity index (χ4n) is 3.65. The molecule has 0 aromatic rings. The smallest absolute Gasteiger partial charge is 0.222 e. The van der Waals surface area contributed by atoms with E-state index in [1.165, 1.54) is 0 Å². The summed E-state index contributed by atoms with van der Waals surface area (Å²) in [5.74, 6) is 0.335. The molecule has 2 aliphatic rings. The maximum absolute atomic E-state index is 12.4. The van der Waals surface area contributed by atoms with Crippen molar-refractivity contribution in [3.63, 3.8) is 0 Å². The molecule has 1 amide bonds.